The quantitative estimate of drug-likeness (QED) is 0.203. The first-order valence-corrected chi connectivity index (χ1v) is 13.4. The van der Waals surface area contributed by atoms with Crippen LogP contribution in [-0.2, 0) is 32.1 Å². The number of benzene rings is 1. The van der Waals surface area contributed by atoms with Gasteiger partial charge in [-0.15, -0.1) is 0 Å². The molecule has 252 valence electrons. The van der Waals surface area contributed by atoms with E-state index in [-0.39, 0.29) is 28.8 Å². The summed E-state index contributed by atoms with van der Waals surface area (Å²) in [5.41, 5.74) is 2.75. The Hall–Kier alpha value is -4.45. The first kappa shape index (κ1) is 37.7. The molecule has 6 N–H and O–H groups in total. The lowest BCUT2D eigenvalue weighted by atomic mass is 9.96. The van der Waals surface area contributed by atoms with Crippen molar-refractivity contribution < 1.29 is 60.1 Å². The predicted octanol–water partition coefficient (Wildman–Crippen LogP) is 3.96. The number of aliphatic carboxylic acids is 2. The number of halogens is 8. The molecule has 3 aromatic rings. The van der Waals surface area contributed by atoms with Crippen molar-refractivity contribution in [1.29, 1.82) is 0 Å². The van der Waals surface area contributed by atoms with Crippen LogP contribution in [0.25, 0.3) is 10.9 Å². The second-order valence-corrected chi connectivity index (χ2v) is 10.2. The molecule has 0 saturated carbocycles. The Labute approximate surface area is 260 Å². The molecular formula is C27H27ClF7N5O6. The predicted molar refractivity (Wildman–Crippen MR) is 148 cm³/mol. The molecule has 46 heavy (non-hydrogen) atoms. The maximum Gasteiger partial charge on any atom is 0.490 e. The Bertz CT molecular complexity index is 1480. The Balaban J connectivity index is 0.000000440. The molecule has 0 radical (unpaired) electrons. The number of carboxylic acids is 2. The number of alkyl halides is 6. The molecule has 0 aliphatic carbocycles. The summed E-state index contributed by atoms with van der Waals surface area (Å²) in [6.07, 6.45) is -5.37. The van der Waals surface area contributed by atoms with Gasteiger partial charge in [-0.1, -0.05) is 17.7 Å². The number of carbonyl (C=O) groups is 4. The van der Waals surface area contributed by atoms with Crippen molar-refractivity contribution in [2.24, 2.45) is 5.92 Å². The maximum atomic E-state index is 13.3. The van der Waals surface area contributed by atoms with Gasteiger partial charge in [-0.3, -0.25) is 14.6 Å². The molecule has 0 spiro atoms. The Morgan fingerprint density at radius 1 is 1.04 bits per heavy atom. The smallest absolute Gasteiger partial charge is 0.475 e. The average molecular weight is 686 g/mol. The molecule has 3 atom stereocenters. The lowest BCUT2D eigenvalue weighted by Gasteiger charge is -2.17. The van der Waals surface area contributed by atoms with E-state index in [2.05, 4.69) is 25.9 Å². The number of nitrogens with zero attached hydrogens (tertiary/aromatic N) is 1. The van der Waals surface area contributed by atoms with Crippen molar-refractivity contribution in [1.82, 2.24) is 25.9 Å². The van der Waals surface area contributed by atoms with Gasteiger partial charge >= 0.3 is 24.3 Å². The Morgan fingerprint density at radius 2 is 1.65 bits per heavy atom. The fourth-order valence-electron chi connectivity index (χ4n) is 4.01. The summed E-state index contributed by atoms with van der Waals surface area (Å²) in [6, 6.07) is 7.47. The number of rotatable bonds is 7. The number of fused-ring (bicyclic) bond motifs is 1. The number of carbonyl (C=O) groups excluding carboxylic acids is 2. The molecule has 1 aliphatic heterocycles. The molecule has 1 aromatic carbocycles. The number of aromatic nitrogens is 2. The normalized spacial score (nSPS) is 16.7. The third-order valence-corrected chi connectivity index (χ3v) is 6.50. The molecule has 1 fully saturated rings. The van der Waals surface area contributed by atoms with E-state index in [9.17, 15) is 40.3 Å². The molecule has 11 nitrogen and oxygen atoms in total. The van der Waals surface area contributed by atoms with Crippen molar-refractivity contribution in [2.45, 2.75) is 50.7 Å². The van der Waals surface area contributed by atoms with Gasteiger partial charge in [0.1, 0.15) is 11.9 Å². The molecule has 1 aliphatic rings. The summed E-state index contributed by atoms with van der Waals surface area (Å²) in [4.78, 5) is 50.1. The largest absolute Gasteiger partial charge is 0.490 e. The number of H-pyrrole nitrogens is 1. The van der Waals surface area contributed by atoms with Crippen LogP contribution in [0.3, 0.4) is 0 Å². The number of amides is 2. The number of carboxylic acid groups (broad SMARTS) is 2. The SMILES string of the molecule is C[C@H](NC(=O)C1CC(Cc2ccc(F)c(Cl)c2)CN1)C(=O)NCc1cc2cnccc2[nH]1.O=C(O)C(F)(F)F.O=C(O)C(F)(F)F. The van der Waals surface area contributed by atoms with Crippen LogP contribution in [0.4, 0.5) is 30.7 Å². The van der Waals surface area contributed by atoms with E-state index in [4.69, 9.17) is 31.4 Å². The molecule has 4 rings (SSSR count). The third-order valence-electron chi connectivity index (χ3n) is 6.21. The highest BCUT2D eigenvalue weighted by Crippen LogP contribution is 2.23. The zero-order valence-corrected chi connectivity index (χ0v) is 24.4. The lowest BCUT2D eigenvalue weighted by molar-refractivity contribution is -0.193. The second kappa shape index (κ2) is 16.2. The Morgan fingerprint density at radius 3 is 2.20 bits per heavy atom. The average Bonchev–Trinajstić information content (AvgIpc) is 3.60. The lowest BCUT2D eigenvalue weighted by Crippen LogP contribution is -2.49. The molecule has 0 bridgehead atoms. The van der Waals surface area contributed by atoms with E-state index in [0.717, 1.165) is 22.2 Å². The number of pyridine rings is 1. The highest BCUT2D eigenvalue weighted by molar-refractivity contribution is 6.30. The van der Waals surface area contributed by atoms with Gasteiger partial charge in [-0.05, 0) is 62.1 Å². The second-order valence-electron chi connectivity index (χ2n) is 9.83. The van der Waals surface area contributed by atoms with E-state index in [1.165, 1.54) is 6.07 Å². The third kappa shape index (κ3) is 12.2. The van der Waals surface area contributed by atoms with Crippen molar-refractivity contribution in [3.63, 3.8) is 0 Å². The monoisotopic (exact) mass is 685 g/mol. The van der Waals surface area contributed by atoms with Gasteiger partial charge < -0.3 is 31.1 Å². The van der Waals surface area contributed by atoms with Crippen LogP contribution in [0.15, 0.2) is 42.7 Å². The van der Waals surface area contributed by atoms with Crippen molar-refractivity contribution in [3.8, 4) is 0 Å². The minimum atomic E-state index is -5.08. The summed E-state index contributed by atoms with van der Waals surface area (Å²) in [6.45, 7) is 2.66. The number of hydrogen-bond donors (Lipinski definition) is 6. The first-order valence-electron chi connectivity index (χ1n) is 13.0. The fourth-order valence-corrected chi connectivity index (χ4v) is 4.21. The Kier molecular flexibility index (Phi) is 13.3. The first-order chi connectivity index (χ1) is 21.3. The van der Waals surface area contributed by atoms with Crippen LogP contribution < -0.4 is 16.0 Å². The standard InChI is InChI=1S/C23H25ClFN5O2.2C2HF3O2/c1-13(22(31)28-12-17-9-16-11-26-5-4-20(16)30-17)29-23(32)21-8-15(10-27-21)6-14-2-3-19(25)18(24)7-14;2*3-2(4,5)1(6)7/h2-5,7,9,11,13,15,21,27,30H,6,8,10,12H2,1H3,(H,28,31)(H,29,32);2*(H,6,7)/t13-,15?,21?;;/m0../s1. The molecule has 2 unspecified atom stereocenters. The van der Waals surface area contributed by atoms with Gasteiger partial charge in [-0.25, -0.2) is 14.0 Å². The number of hydrogen-bond acceptors (Lipinski definition) is 6. The van der Waals surface area contributed by atoms with Crippen LogP contribution in [0, 0.1) is 11.7 Å². The van der Waals surface area contributed by atoms with Crippen molar-refractivity contribution >= 4 is 46.3 Å². The van der Waals surface area contributed by atoms with Gasteiger partial charge in [0.15, 0.2) is 0 Å². The minimum Gasteiger partial charge on any atom is -0.475 e. The van der Waals surface area contributed by atoms with Crippen LogP contribution >= 0.6 is 11.6 Å². The summed E-state index contributed by atoms with van der Waals surface area (Å²) in [5, 5.41) is 24.2. The van der Waals surface area contributed by atoms with Gasteiger partial charge in [0, 0.05) is 29.0 Å². The van der Waals surface area contributed by atoms with Crippen LogP contribution in [0.2, 0.25) is 5.02 Å². The van der Waals surface area contributed by atoms with E-state index in [1.54, 1.807) is 31.5 Å². The van der Waals surface area contributed by atoms with Crippen molar-refractivity contribution in [3.05, 3.63) is 64.8 Å². The van der Waals surface area contributed by atoms with Gasteiger partial charge in [0.05, 0.1) is 17.6 Å². The van der Waals surface area contributed by atoms with Crippen LogP contribution in [0.1, 0.15) is 24.6 Å². The molecule has 19 heteroatoms. The van der Waals surface area contributed by atoms with Crippen LogP contribution in [-0.4, -0.2) is 74.9 Å². The van der Waals surface area contributed by atoms with E-state index in [1.807, 2.05) is 12.1 Å². The number of aromatic amines is 1. The van der Waals surface area contributed by atoms with Gasteiger partial charge in [0.25, 0.3) is 0 Å². The molecular weight excluding hydrogens is 659 g/mol. The maximum absolute atomic E-state index is 13.3. The summed E-state index contributed by atoms with van der Waals surface area (Å²) in [7, 11) is 0. The zero-order valence-electron chi connectivity index (χ0n) is 23.6. The zero-order chi connectivity index (χ0) is 34.8. The fraction of sp³-hybridized carbons (Fsp3) is 0.370. The van der Waals surface area contributed by atoms with Crippen LogP contribution in [0.5, 0.6) is 0 Å². The summed E-state index contributed by atoms with van der Waals surface area (Å²) >= 11 is 5.85. The molecule has 2 amide bonds. The molecule has 3 heterocycles. The highest BCUT2D eigenvalue weighted by Gasteiger charge is 2.39. The minimum absolute atomic E-state index is 0.103. The molecule has 1 saturated heterocycles. The molecule has 2 aromatic heterocycles. The number of nitrogens with one attached hydrogen (secondary N) is 4. The topological polar surface area (TPSA) is 174 Å². The van der Waals surface area contributed by atoms with E-state index < -0.39 is 36.2 Å². The highest BCUT2D eigenvalue weighted by atomic mass is 35.5. The van der Waals surface area contributed by atoms with Gasteiger partial charge in [-0.2, -0.15) is 26.3 Å². The van der Waals surface area contributed by atoms with E-state index >= 15 is 0 Å². The van der Waals surface area contributed by atoms with Crippen molar-refractivity contribution in [2.75, 3.05) is 6.54 Å². The summed E-state index contributed by atoms with van der Waals surface area (Å²) < 4.78 is 76.8. The van der Waals surface area contributed by atoms with Gasteiger partial charge in [0.2, 0.25) is 11.8 Å². The summed E-state index contributed by atoms with van der Waals surface area (Å²) in [5.74, 6) is -6.19. The van der Waals surface area contributed by atoms with E-state index in [0.29, 0.717) is 25.9 Å².